The van der Waals surface area contributed by atoms with E-state index in [4.69, 9.17) is 21.1 Å². The second kappa shape index (κ2) is 5.97. The van der Waals surface area contributed by atoms with Crippen LogP contribution >= 0.6 is 11.6 Å². The smallest absolute Gasteiger partial charge is 0.418 e. The summed E-state index contributed by atoms with van der Waals surface area (Å²) in [6.07, 6.45) is -4.14. The molecule has 1 saturated heterocycles. The summed E-state index contributed by atoms with van der Waals surface area (Å²) in [5.41, 5.74) is -2.50. The zero-order valence-electron chi connectivity index (χ0n) is 12.3. The van der Waals surface area contributed by atoms with E-state index in [9.17, 15) is 27.2 Å². The average molecular weight is 368 g/mol. The molecule has 2 rings (SSSR count). The maximum atomic E-state index is 13.4. The minimum absolute atomic E-state index is 0.228. The lowest BCUT2D eigenvalue weighted by Gasteiger charge is -2.29. The SMILES string of the molecule is CC1(C)OC(=O)C(=CNc2cc(F)cc(C(F)(F)F)c2Cl)C(=O)O1. The second-order valence-electron chi connectivity index (χ2n) is 5.19. The molecule has 1 N–H and O–H groups in total. The number of halogens is 5. The van der Waals surface area contributed by atoms with Gasteiger partial charge in [0.25, 0.3) is 5.79 Å². The first-order chi connectivity index (χ1) is 10.9. The Bertz CT molecular complexity index is 721. The predicted molar refractivity (Wildman–Crippen MR) is 74.4 cm³/mol. The molecule has 1 aliphatic rings. The third-order valence-corrected chi connectivity index (χ3v) is 3.24. The molecule has 24 heavy (non-hydrogen) atoms. The lowest BCUT2D eigenvalue weighted by Crippen LogP contribution is -2.42. The Balaban J connectivity index is 2.34. The van der Waals surface area contributed by atoms with Gasteiger partial charge in [-0.15, -0.1) is 0 Å². The molecular formula is C14H10ClF4NO4. The molecule has 1 fully saturated rings. The molecule has 0 atom stereocenters. The van der Waals surface area contributed by atoms with Crippen molar-refractivity contribution in [2.75, 3.05) is 5.32 Å². The van der Waals surface area contributed by atoms with Crippen molar-refractivity contribution in [3.63, 3.8) is 0 Å². The predicted octanol–water partition coefficient (Wildman–Crippen LogP) is 3.63. The minimum atomic E-state index is -4.88. The van der Waals surface area contributed by atoms with Crippen LogP contribution in [0.4, 0.5) is 23.2 Å². The Morgan fingerprint density at radius 3 is 2.21 bits per heavy atom. The summed E-state index contributed by atoms with van der Waals surface area (Å²) < 4.78 is 61.3. The van der Waals surface area contributed by atoms with Crippen molar-refractivity contribution in [3.8, 4) is 0 Å². The number of carbonyl (C=O) groups is 2. The Labute approximate surface area is 138 Å². The first-order valence-electron chi connectivity index (χ1n) is 6.40. The second-order valence-corrected chi connectivity index (χ2v) is 5.57. The topological polar surface area (TPSA) is 64.6 Å². The normalized spacial score (nSPS) is 17.2. The van der Waals surface area contributed by atoms with Crippen molar-refractivity contribution >= 4 is 29.2 Å². The van der Waals surface area contributed by atoms with E-state index in [1.54, 1.807) is 0 Å². The highest BCUT2D eigenvalue weighted by Crippen LogP contribution is 2.39. The average Bonchev–Trinajstić information content (AvgIpc) is 2.38. The number of hydrogen-bond acceptors (Lipinski definition) is 5. The standard InChI is InChI=1S/C14H10ClF4NO4/c1-13(2)23-11(21)7(12(22)24-13)5-20-9-4-6(16)3-8(10(9)15)14(17,18)19/h3-5,20H,1-2H3. The van der Waals surface area contributed by atoms with Crippen LogP contribution in [0.2, 0.25) is 5.02 Å². The number of ether oxygens (including phenoxy) is 2. The number of cyclic esters (lactones) is 2. The summed E-state index contributed by atoms with van der Waals surface area (Å²) in [4.78, 5) is 23.4. The van der Waals surface area contributed by atoms with Gasteiger partial charge in [0.2, 0.25) is 0 Å². The minimum Gasteiger partial charge on any atom is -0.419 e. The number of alkyl halides is 3. The molecular weight excluding hydrogens is 358 g/mol. The molecule has 5 nitrogen and oxygen atoms in total. The molecule has 1 aromatic carbocycles. The van der Waals surface area contributed by atoms with Crippen LogP contribution < -0.4 is 5.32 Å². The summed E-state index contributed by atoms with van der Waals surface area (Å²) in [6, 6.07) is 0.907. The maximum Gasteiger partial charge on any atom is 0.418 e. The summed E-state index contributed by atoms with van der Waals surface area (Å²) in [6.45, 7) is 2.65. The lowest BCUT2D eigenvalue weighted by molar-refractivity contribution is -0.222. The van der Waals surface area contributed by atoms with Crippen LogP contribution in [0.1, 0.15) is 19.4 Å². The fourth-order valence-electron chi connectivity index (χ4n) is 1.83. The molecule has 10 heteroatoms. The molecule has 1 aromatic rings. The van der Waals surface area contributed by atoms with Crippen molar-refractivity contribution in [1.29, 1.82) is 0 Å². The number of anilines is 1. The zero-order chi connectivity index (χ0) is 18.3. The maximum absolute atomic E-state index is 13.4. The van der Waals surface area contributed by atoms with E-state index in [0.717, 1.165) is 6.20 Å². The highest BCUT2D eigenvalue weighted by molar-refractivity contribution is 6.34. The third-order valence-electron chi connectivity index (χ3n) is 2.83. The summed E-state index contributed by atoms with van der Waals surface area (Å²) in [5.74, 6) is -4.77. The molecule has 0 bridgehead atoms. The van der Waals surface area contributed by atoms with Gasteiger partial charge < -0.3 is 14.8 Å². The summed E-state index contributed by atoms with van der Waals surface area (Å²) in [7, 11) is 0. The molecule has 0 aliphatic carbocycles. The quantitative estimate of drug-likeness (QED) is 0.374. The van der Waals surface area contributed by atoms with Gasteiger partial charge in [-0.25, -0.2) is 14.0 Å². The van der Waals surface area contributed by atoms with Crippen molar-refractivity contribution in [1.82, 2.24) is 0 Å². The largest absolute Gasteiger partial charge is 0.419 e. The number of nitrogens with one attached hydrogen (secondary N) is 1. The van der Waals surface area contributed by atoms with Gasteiger partial charge in [-0.2, -0.15) is 13.2 Å². The van der Waals surface area contributed by atoms with Crippen LogP contribution in [0.15, 0.2) is 23.9 Å². The summed E-state index contributed by atoms with van der Waals surface area (Å²) >= 11 is 5.59. The van der Waals surface area contributed by atoms with Crippen molar-refractivity contribution < 1.29 is 36.6 Å². The first kappa shape index (κ1) is 18.1. The van der Waals surface area contributed by atoms with Crippen LogP contribution in [0.5, 0.6) is 0 Å². The van der Waals surface area contributed by atoms with Gasteiger partial charge in [-0.3, -0.25) is 0 Å². The molecule has 0 unspecified atom stereocenters. The molecule has 0 aromatic heterocycles. The van der Waals surface area contributed by atoms with Crippen molar-refractivity contribution in [3.05, 3.63) is 40.3 Å². The van der Waals surface area contributed by atoms with E-state index in [1.165, 1.54) is 13.8 Å². The van der Waals surface area contributed by atoms with Crippen LogP contribution in [0.3, 0.4) is 0 Å². The zero-order valence-corrected chi connectivity index (χ0v) is 13.0. The lowest BCUT2D eigenvalue weighted by atomic mass is 10.1. The Morgan fingerprint density at radius 1 is 1.17 bits per heavy atom. The van der Waals surface area contributed by atoms with E-state index in [2.05, 4.69) is 5.32 Å². The molecule has 1 aliphatic heterocycles. The van der Waals surface area contributed by atoms with Crippen LogP contribution in [0.25, 0.3) is 0 Å². The molecule has 0 amide bonds. The number of carbonyl (C=O) groups excluding carboxylic acids is 2. The molecule has 0 spiro atoms. The van der Waals surface area contributed by atoms with Gasteiger partial charge in [0.15, 0.2) is 5.57 Å². The van der Waals surface area contributed by atoms with E-state index < -0.39 is 51.6 Å². The van der Waals surface area contributed by atoms with Gasteiger partial charge in [0.05, 0.1) is 16.3 Å². The summed E-state index contributed by atoms with van der Waals surface area (Å²) in [5, 5.41) is 1.37. The number of rotatable bonds is 2. The Morgan fingerprint density at radius 2 is 1.71 bits per heavy atom. The fraction of sp³-hybridized carbons (Fsp3) is 0.286. The molecule has 130 valence electrons. The molecule has 0 saturated carbocycles. The van der Waals surface area contributed by atoms with E-state index in [0.29, 0.717) is 6.07 Å². The highest BCUT2D eigenvalue weighted by atomic mass is 35.5. The Kier molecular flexibility index (Phi) is 4.49. The van der Waals surface area contributed by atoms with Crippen LogP contribution in [-0.4, -0.2) is 17.7 Å². The van der Waals surface area contributed by atoms with Gasteiger partial charge in [-0.05, 0) is 12.1 Å². The fourth-order valence-corrected chi connectivity index (χ4v) is 2.10. The number of benzene rings is 1. The van der Waals surface area contributed by atoms with Gasteiger partial charge in [0, 0.05) is 20.0 Å². The van der Waals surface area contributed by atoms with Crippen molar-refractivity contribution in [2.24, 2.45) is 0 Å². The molecule has 0 radical (unpaired) electrons. The molecule has 1 heterocycles. The number of esters is 2. The third kappa shape index (κ3) is 3.78. The highest BCUT2D eigenvalue weighted by Gasteiger charge is 2.39. The first-order valence-corrected chi connectivity index (χ1v) is 6.78. The van der Waals surface area contributed by atoms with Crippen LogP contribution in [0, 0.1) is 5.82 Å². The van der Waals surface area contributed by atoms with Gasteiger partial charge in [0.1, 0.15) is 5.82 Å². The number of hydrogen-bond donors (Lipinski definition) is 1. The van der Waals surface area contributed by atoms with E-state index in [1.807, 2.05) is 0 Å². The van der Waals surface area contributed by atoms with Gasteiger partial charge >= 0.3 is 18.1 Å². The monoisotopic (exact) mass is 367 g/mol. The van der Waals surface area contributed by atoms with Gasteiger partial charge in [-0.1, -0.05) is 11.6 Å². The van der Waals surface area contributed by atoms with E-state index >= 15 is 0 Å². The van der Waals surface area contributed by atoms with Crippen molar-refractivity contribution in [2.45, 2.75) is 25.8 Å². The van der Waals surface area contributed by atoms with Crippen LogP contribution in [-0.2, 0) is 25.2 Å². The Hall–Kier alpha value is -2.29. The van der Waals surface area contributed by atoms with E-state index in [-0.39, 0.29) is 6.07 Å².